The second kappa shape index (κ2) is 5.94. The maximum absolute atomic E-state index is 11.7. The largest absolute Gasteiger partial charge is 0.464 e. The number of benzene rings is 1. The summed E-state index contributed by atoms with van der Waals surface area (Å²) in [5.41, 5.74) is 0.952. The Morgan fingerprint density at radius 2 is 2.10 bits per heavy atom. The van der Waals surface area contributed by atoms with Gasteiger partial charge in [0.05, 0.1) is 12.7 Å². The van der Waals surface area contributed by atoms with E-state index >= 15 is 0 Å². The Balaban J connectivity index is 1.65. The Kier molecular flexibility index (Phi) is 4.03. The third kappa shape index (κ3) is 2.72. The van der Waals surface area contributed by atoms with Crippen molar-refractivity contribution >= 4 is 5.97 Å². The highest BCUT2D eigenvalue weighted by atomic mass is 16.5. The van der Waals surface area contributed by atoms with Crippen LogP contribution in [0.5, 0.6) is 0 Å². The van der Waals surface area contributed by atoms with Crippen LogP contribution in [0.1, 0.15) is 37.4 Å². The van der Waals surface area contributed by atoms with Crippen LogP contribution < -0.4 is 0 Å². The normalized spacial score (nSPS) is 28.6. The zero-order chi connectivity index (χ0) is 13.9. The SMILES string of the molecule is O=C1OCCC1N1CCCC1CC(O)c1ccccc1. The Hall–Kier alpha value is -1.39. The van der Waals surface area contributed by atoms with Crippen molar-refractivity contribution in [3.05, 3.63) is 35.9 Å². The summed E-state index contributed by atoms with van der Waals surface area (Å²) in [7, 11) is 0. The smallest absolute Gasteiger partial charge is 0.323 e. The molecule has 0 spiro atoms. The van der Waals surface area contributed by atoms with Gasteiger partial charge in [0.2, 0.25) is 0 Å². The summed E-state index contributed by atoms with van der Waals surface area (Å²) in [5.74, 6) is -0.0916. The molecular weight excluding hydrogens is 254 g/mol. The summed E-state index contributed by atoms with van der Waals surface area (Å²) in [6.45, 7) is 1.47. The third-order valence-electron chi connectivity index (χ3n) is 4.41. The Labute approximate surface area is 119 Å². The maximum atomic E-state index is 11.7. The van der Waals surface area contributed by atoms with Gasteiger partial charge < -0.3 is 9.84 Å². The van der Waals surface area contributed by atoms with Crippen LogP contribution in [0.15, 0.2) is 30.3 Å². The van der Waals surface area contributed by atoms with E-state index in [1.165, 1.54) is 0 Å². The predicted octanol–water partition coefficient (Wildman–Crippen LogP) is 1.89. The lowest BCUT2D eigenvalue weighted by Crippen LogP contribution is -2.42. The van der Waals surface area contributed by atoms with Gasteiger partial charge in [0, 0.05) is 12.5 Å². The molecule has 0 aromatic heterocycles. The summed E-state index contributed by atoms with van der Waals surface area (Å²) in [4.78, 5) is 14.0. The minimum absolute atomic E-state index is 0.0916. The van der Waals surface area contributed by atoms with Gasteiger partial charge in [-0.3, -0.25) is 9.69 Å². The minimum atomic E-state index is -0.459. The molecule has 2 aliphatic heterocycles. The number of hydrogen-bond acceptors (Lipinski definition) is 4. The first-order valence-electron chi connectivity index (χ1n) is 7.41. The van der Waals surface area contributed by atoms with E-state index in [2.05, 4.69) is 4.90 Å². The monoisotopic (exact) mass is 275 g/mol. The van der Waals surface area contributed by atoms with E-state index < -0.39 is 6.10 Å². The first kappa shape index (κ1) is 13.6. The molecule has 4 heteroatoms. The number of aliphatic hydroxyl groups is 1. The van der Waals surface area contributed by atoms with Crippen molar-refractivity contribution in [2.45, 2.75) is 43.9 Å². The van der Waals surface area contributed by atoms with E-state index in [0.29, 0.717) is 13.0 Å². The number of rotatable bonds is 4. The predicted molar refractivity (Wildman–Crippen MR) is 75.1 cm³/mol. The van der Waals surface area contributed by atoms with E-state index in [1.807, 2.05) is 30.3 Å². The van der Waals surface area contributed by atoms with Crippen LogP contribution in [0.2, 0.25) is 0 Å². The summed E-state index contributed by atoms with van der Waals surface area (Å²) in [6.07, 6.45) is 3.16. The van der Waals surface area contributed by atoms with Crippen LogP contribution in [-0.2, 0) is 9.53 Å². The lowest BCUT2D eigenvalue weighted by Gasteiger charge is -2.29. The fourth-order valence-corrected chi connectivity index (χ4v) is 3.38. The number of ether oxygens (including phenoxy) is 1. The molecule has 3 rings (SSSR count). The lowest BCUT2D eigenvalue weighted by molar-refractivity contribution is -0.142. The summed E-state index contributed by atoms with van der Waals surface area (Å²) in [6, 6.07) is 9.93. The van der Waals surface area contributed by atoms with E-state index in [1.54, 1.807) is 0 Å². The van der Waals surface area contributed by atoms with Gasteiger partial charge in [0.15, 0.2) is 0 Å². The highest BCUT2D eigenvalue weighted by Gasteiger charge is 2.39. The molecule has 0 radical (unpaired) electrons. The van der Waals surface area contributed by atoms with Gasteiger partial charge in [0.25, 0.3) is 0 Å². The van der Waals surface area contributed by atoms with Gasteiger partial charge in [-0.2, -0.15) is 0 Å². The van der Waals surface area contributed by atoms with E-state index in [9.17, 15) is 9.90 Å². The number of carbonyl (C=O) groups excluding carboxylic acids is 1. The van der Waals surface area contributed by atoms with Gasteiger partial charge >= 0.3 is 5.97 Å². The van der Waals surface area contributed by atoms with Crippen molar-refractivity contribution in [2.75, 3.05) is 13.2 Å². The van der Waals surface area contributed by atoms with Gasteiger partial charge in [0.1, 0.15) is 6.04 Å². The summed E-state index contributed by atoms with van der Waals surface area (Å²) < 4.78 is 5.07. The second-order valence-corrected chi connectivity index (χ2v) is 5.67. The number of esters is 1. The molecule has 0 amide bonds. The van der Waals surface area contributed by atoms with Crippen LogP contribution in [0.25, 0.3) is 0 Å². The topological polar surface area (TPSA) is 49.8 Å². The number of carbonyl (C=O) groups is 1. The highest BCUT2D eigenvalue weighted by Crippen LogP contribution is 2.31. The Morgan fingerprint density at radius 3 is 2.80 bits per heavy atom. The second-order valence-electron chi connectivity index (χ2n) is 5.67. The Morgan fingerprint density at radius 1 is 1.30 bits per heavy atom. The molecule has 0 aliphatic carbocycles. The van der Waals surface area contributed by atoms with E-state index in [-0.39, 0.29) is 18.1 Å². The standard InChI is InChI=1S/C16H21NO3/c18-15(12-5-2-1-3-6-12)11-13-7-4-9-17(13)14-8-10-20-16(14)19/h1-3,5-6,13-15,18H,4,7-11H2. The molecule has 1 aromatic carbocycles. The fraction of sp³-hybridized carbons (Fsp3) is 0.562. The molecule has 0 bridgehead atoms. The molecule has 20 heavy (non-hydrogen) atoms. The molecule has 0 saturated carbocycles. The number of likely N-dealkylation sites (tertiary alicyclic amines) is 1. The molecule has 108 valence electrons. The van der Waals surface area contributed by atoms with Gasteiger partial charge in [-0.05, 0) is 31.4 Å². The van der Waals surface area contributed by atoms with Crippen molar-refractivity contribution in [3.8, 4) is 0 Å². The molecule has 3 atom stereocenters. The molecule has 4 nitrogen and oxygen atoms in total. The summed E-state index contributed by atoms with van der Waals surface area (Å²) in [5, 5.41) is 10.4. The van der Waals surface area contributed by atoms with Crippen LogP contribution >= 0.6 is 0 Å². The molecule has 3 unspecified atom stereocenters. The first-order valence-corrected chi connectivity index (χ1v) is 7.41. The minimum Gasteiger partial charge on any atom is -0.464 e. The molecular formula is C16H21NO3. The zero-order valence-electron chi connectivity index (χ0n) is 11.6. The quantitative estimate of drug-likeness (QED) is 0.853. The average Bonchev–Trinajstić information content (AvgIpc) is 3.08. The number of aliphatic hydroxyl groups excluding tert-OH is 1. The first-order chi connectivity index (χ1) is 9.75. The average molecular weight is 275 g/mol. The van der Waals surface area contributed by atoms with Crippen LogP contribution in [0.3, 0.4) is 0 Å². The van der Waals surface area contributed by atoms with Crippen LogP contribution in [0, 0.1) is 0 Å². The molecule has 2 aliphatic rings. The molecule has 2 saturated heterocycles. The molecule has 1 aromatic rings. The van der Waals surface area contributed by atoms with Crippen LogP contribution in [0.4, 0.5) is 0 Å². The van der Waals surface area contributed by atoms with Crippen molar-refractivity contribution < 1.29 is 14.6 Å². The Bertz CT molecular complexity index is 462. The maximum Gasteiger partial charge on any atom is 0.323 e. The molecule has 2 fully saturated rings. The number of cyclic esters (lactones) is 1. The lowest BCUT2D eigenvalue weighted by atomic mass is 9.99. The number of nitrogens with zero attached hydrogens (tertiary/aromatic N) is 1. The van der Waals surface area contributed by atoms with Gasteiger partial charge in [-0.15, -0.1) is 0 Å². The van der Waals surface area contributed by atoms with E-state index in [0.717, 1.165) is 31.4 Å². The van der Waals surface area contributed by atoms with Crippen molar-refractivity contribution in [1.29, 1.82) is 0 Å². The van der Waals surface area contributed by atoms with Crippen molar-refractivity contribution in [1.82, 2.24) is 4.90 Å². The third-order valence-corrected chi connectivity index (χ3v) is 4.41. The van der Waals surface area contributed by atoms with Crippen LogP contribution in [-0.4, -0.2) is 41.2 Å². The highest BCUT2D eigenvalue weighted by molar-refractivity contribution is 5.77. The fourth-order valence-electron chi connectivity index (χ4n) is 3.38. The molecule has 1 N–H and O–H groups in total. The van der Waals surface area contributed by atoms with Crippen molar-refractivity contribution in [3.63, 3.8) is 0 Å². The van der Waals surface area contributed by atoms with E-state index in [4.69, 9.17) is 4.74 Å². The molecule has 2 heterocycles. The van der Waals surface area contributed by atoms with Crippen molar-refractivity contribution in [2.24, 2.45) is 0 Å². The summed E-state index contributed by atoms with van der Waals surface area (Å²) >= 11 is 0. The zero-order valence-corrected chi connectivity index (χ0v) is 11.6. The van der Waals surface area contributed by atoms with Gasteiger partial charge in [-0.1, -0.05) is 30.3 Å². The number of hydrogen-bond donors (Lipinski definition) is 1. The van der Waals surface area contributed by atoms with Gasteiger partial charge in [-0.25, -0.2) is 0 Å².